The number of likely N-dealkylation sites (tertiary alicyclic amines) is 1. The molecule has 16 nitrogen and oxygen atoms in total. The highest BCUT2D eigenvalue weighted by Gasteiger charge is 2.49. The number of nitrogen functional groups attached to an aromatic ring is 1. The number of fused-ring (bicyclic) bond motifs is 3. The summed E-state index contributed by atoms with van der Waals surface area (Å²) in [5.74, 6) is 0.141. The molecular formula is C53H61N8O8S2+. The number of hydrogen-bond donors (Lipinski definition) is 5. The Morgan fingerprint density at radius 3 is 2.46 bits per heavy atom. The number of unbranched alkanes of at least 4 members (excludes halogenated alkanes) is 2. The Morgan fingerprint density at radius 2 is 1.69 bits per heavy atom. The smallest absolute Gasteiger partial charge is 0.294 e. The van der Waals surface area contributed by atoms with Crippen LogP contribution in [-0.4, -0.2) is 80.1 Å². The zero-order valence-corrected chi connectivity index (χ0v) is 42.0. The average Bonchev–Trinajstić information content (AvgIpc) is 3.93. The summed E-state index contributed by atoms with van der Waals surface area (Å²) >= 11 is 0. The number of aromatic nitrogens is 4. The van der Waals surface area contributed by atoms with Crippen LogP contribution >= 0.6 is 0 Å². The third kappa shape index (κ3) is 11.6. The van der Waals surface area contributed by atoms with Crippen LogP contribution in [0.1, 0.15) is 89.3 Å². The lowest BCUT2D eigenvalue weighted by Gasteiger charge is -2.28. The van der Waals surface area contributed by atoms with E-state index in [-0.39, 0.29) is 40.6 Å². The van der Waals surface area contributed by atoms with Gasteiger partial charge in [0.05, 0.1) is 21.5 Å². The normalized spacial score (nSPS) is 21.0. The highest BCUT2D eigenvalue weighted by Crippen LogP contribution is 2.54. The van der Waals surface area contributed by atoms with Gasteiger partial charge in [0.2, 0.25) is 23.4 Å². The lowest BCUT2D eigenvalue weighted by atomic mass is 9.75. The summed E-state index contributed by atoms with van der Waals surface area (Å²) in [4.78, 5) is 30.4. The number of amides is 1. The van der Waals surface area contributed by atoms with Crippen LogP contribution in [0.15, 0.2) is 148 Å². The summed E-state index contributed by atoms with van der Waals surface area (Å²) in [6, 6.07) is 12.4. The fourth-order valence-electron chi connectivity index (χ4n) is 9.84. The minimum Gasteiger partial charge on any atom is -0.471 e. The first-order valence-corrected chi connectivity index (χ1v) is 26.6. The number of nitrogens with zero attached hydrogens (tertiary/aromatic N) is 5. The number of carbonyl (C=O) groups excluding carboxylic acids is 1. The molecule has 6 N–H and O–H groups in total. The molecule has 1 saturated heterocycles. The fraction of sp³-hybridized carbons (Fsp3) is 0.340. The van der Waals surface area contributed by atoms with Crippen LogP contribution in [0.2, 0.25) is 0 Å². The lowest BCUT2D eigenvalue weighted by Crippen LogP contribution is -2.28. The van der Waals surface area contributed by atoms with Crippen LogP contribution in [-0.2, 0) is 43.6 Å². The van der Waals surface area contributed by atoms with Gasteiger partial charge in [0.25, 0.3) is 20.2 Å². The molecule has 0 bridgehead atoms. The molecule has 372 valence electrons. The minimum atomic E-state index is -4.46. The first kappa shape index (κ1) is 50.7. The maximum absolute atomic E-state index is 13.0. The SMILES string of the molecule is CC1(C)C(/C=C/C=C2/N(CCCC3=C/C=C\C=C/C=C\3)C3=CC=C(S(=O)(=O)O)CC3C2(C)C)=[N+](CCCCCC(=O)NCc2ccc(COc3nc(N)nc4nc[nH]c34)cc2)c2ccc(S(=O)(=O)O)cc21. The van der Waals surface area contributed by atoms with Gasteiger partial charge in [0, 0.05) is 66.4 Å². The molecule has 1 amide bonds. The van der Waals surface area contributed by atoms with Gasteiger partial charge in [-0.2, -0.15) is 31.4 Å². The zero-order valence-electron chi connectivity index (χ0n) is 40.4. The molecule has 2 aliphatic carbocycles. The topological polar surface area (TPSA) is 234 Å². The van der Waals surface area contributed by atoms with Crippen LogP contribution in [0, 0.1) is 11.3 Å². The molecule has 1 atom stereocenters. The number of hydrogen-bond acceptors (Lipinski definition) is 11. The van der Waals surface area contributed by atoms with Gasteiger partial charge in [-0.25, -0.2) is 4.98 Å². The summed E-state index contributed by atoms with van der Waals surface area (Å²) in [5, 5.41) is 3.02. The Bertz CT molecular complexity index is 3230. The van der Waals surface area contributed by atoms with Crippen molar-refractivity contribution < 1.29 is 40.0 Å². The van der Waals surface area contributed by atoms with Crippen LogP contribution in [0.5, 0.6) is 5.88 Å². The Morgan fingerprint density at radius 1 is 0.930 bits per heavy atom. The largest absolute Gasteiger partial charge is 0.471 e. The third-order valence-corrected chi connectivity index (χ3v) is 15.5. The highest BCUT2D eigenvalue weighted by molar-refractivity contribution is 7.89. The zero-order chi connectivity index (χ0) is 50.6. The van der Waals surface area contributed by atoms with Gasteiger partial charge in [0.15, 0.2) is 11.4 Å². The van der Waals surface area contributed by atoms with Gasteiger partial charge in [0.1, 0.15) is 18.7 Å². The predicted molar refractivity (Wildman–Crippen MR) is 275 cm³/mol. The van der Waals surface area contributed by atoms with E-state index in [2.05, 4.69) is 72.9 Å². The molecule has 71 heavy (non-hydrogen) atoms. The second kappa shape index (κ2) is 20.9. The predicted octanol–water partition coefficient (Wildman–Crippen LogP) is 8.86. The van der Waals surface area contributed by atoms with Gasteiger partial charge in [-0.1, -0.05) is 86.7 Å². The summed E-state index contributed by atoms with van der Waals surface area (Å²) in [6.07, 6.45) is 29.6. The van der Waals surface area contributed by atoms with E-state index in [4.69, 9.17) is 10.5 Å². The number of carbonyl (C=O) groups is 1. The molecule has 4 aliphatic rings. The van der Waals surface area contributed by atoms with Crippen molar-refractivity contribution in [2.45, 2.75) is 96.1 Å². The van der Waals surface area contributed by atoms with Crippen molar-refractivity contribution in [3.8, 4) is 5.88 Å². The van der Waals surface area contributed by atoms with Crippen molar-refractivity contribution >= 4 is 54.7 Å². The van der Waals surface area contributed by atoms with Crippen molar-refractivity contribution in [3.63, 3.8) is 0 Å². The Labute approximate surface area is 415 Å². The standard InChI is InChI=1S/C53H60N8O8S2/c1-52(2)41-31-39(70(63,64)65)25-27-43(41)60(29-12-8-11-20-47(62)55-33-37-21-23-38(24-22-37)34-69-50-48-49(57-35-56-48)58-51(54)59-50)45(52)18-13-19-46-53(3,4)42-32-40(71(66,67)68)26-28-44(42)61(46)30-14-17-36-15-9-6-5-7-10-16-36/h5-7,9-10,13,15-16,18-19,21-28,31,35,42H,8,11-12,14,17,20,29-30,32-34H2,1-4H3,(H5-,54,55,56,57,58,59,62,63,64,65,66,67,68)/p+1/b6-5-,7-5?,9-6?,10-7-,15-9-,16-10?,36-15?,36-16+. The number of imidazole rings is 1. The first-order chi connectivity index (χ1) is 33.8. The van der Waals surface area contributed by atoms with Crippen LogP contribution < -0.4 is 15.8 Å². The van der Waals surface area contributed by atoms with Crippen molar-refractivity contribution in [1.82, 2.24) is 30.2 Å². The van der Waals surface area contributed by atoms with E-state index in [0.29, 0.717) is 49.5 Å². The summed E-state index contributed by atoms with van der Waals surface area (Å²) in [6.45, 7) is 10.2. The number of nitrogens with two attached hydrogens (primary N) is 1. The number of allylic oxidation sites excluding steroid dienone is 16. The quantitative estimate of drug-likeness (QED) is 0.0336. The number of nitrogens with one attached hydrogen (secondary N) is 2. The van der Waals surface area contributed by atoms with E-state index in [1.54, 1.807) is 12.1 Å². The van der Waals surface area contributed by atoms with Crippen molar-refractivity contribution in [2.24, 2.45) is 11.3 Å². The molecule has 0 spiro atoms. The van der Waals surface area contributed by atoms with Crippen molar-refractivity contribution in [1.29, 1.82) is 0 Å². The molecule has 1 fully saturated rings. The van der Waals surface area contributed by atoms with Crippen molar-refractivity contribution in [3.05, 3.63) is 160 Å². The maximum atomic E-state index is 13.0. The molecule has 1 unspecified atom stereocenters. The molecule has 2 aromatic heterocycles. The van der Waals surface area contributed by atoms with Gasteiger partial charge < -0.3 is 25.7 Å². The minimum absolute atomic E-state index is 0.00333. The van der Waals surface area contributed by atoms with Crippen LogP contribution in [0.25, 0.3) is 11.2 Å². The number of rotatable bonds is 19. The first-order valence-electron chi connectivity index (χ1n) is 23.8. The van der Waals surface area contributed by atoms with Crippen LogP contribution in [0.4, 0.5) is 11.6 Å². The third-order valence-electron chi connectivity index (χ3n) is 13.7. The van der Waals surface area contributed by atoms with E-state index in [9.17, 15) is 30.7 Å². The van der Waals surface area contributed by atoms with E-state index in [1.807, 2.05) is 80.6 Å². The van der Waals surface area contributed by atoms with Crippen molar-refractivity contribution in [2.75, 3.05) is 18.8 Å². The fourth-order valence-corrected chi connectivity index (χ4v) is 11.0. The molecule has 4 heterocycles. The summed E-state index contributed by atoms with van der Waals surface area (Å²) in [7, 11) is -8.83. The molecule has 18 heteroatoms. The van der Waals surface area contributed by atoms with E-state index >= 15 is 0 Å². The highest BCUT2D eigenvalue weighted by atomic mass is 32.2. The van der Waals surface area contributed by atoms with Crippen LogP contribution in [0.3, 0.4) is 0 Å². The maximum Gasteiger partial charge on any atom is 0.294 e. The number of anilines is 1. The van der Waals surface area contributed by atoms with Gasteiger partial charge in [-0.05, 0) is 93.0 Å². The molecule has 2 aliphatic heterocycles. The molecular weight excluding hydrogens is 941 g/mol. The average molecular weight is 1000 g/mol. The molecule has 8 rings (SSSR count). The second-order valence-corrected chi connectivity index (χ2v) is 22.1. The van der Waals surface area contributed by atoms with Gasteiger partial charge >= 0.3 is 0 Å². The number of aromatic amines is 1. The lowest BCUT2D eigenvalue weighted by molar-refractivity contribution is -0.438. The van der Waals surface area contributed by atoms with E-state index < -0.39 is 31.1 Å². The van der Waals surface area contributed by atoms with Gasteiger partial charge in [-0.15, -0.1) is 0 Å². The number of benzene rings is 2. The molecule has 0 saturated carbocycles. The Kier molecular flexibility index (Phi) is 14.9. The Balaban J connectivity index is 0.937. The molecule has 0 radical (unpaired) electrons. The molecule has 4 aromatic rings. The number of H-pyrrole nitrogens is 1. The number of ether oxygens (including phenoxy) is 1. The molecule has 2 aromatic carbocycles. The summed E-state index contributed by atoms with van der Waals surface area (Å²) in [5.41, 5.74) is 13.2. The van der Waals surface area contributed by atoms with E-state index in [1.165, 1.54) is 24.0 Å². The van der Waals surface area contributed by atoms with Gasteiger partial charge in [-0.3, -0.25) is 13.9 Å². The second-order valence-electron chi connectivity index (χ2n) is 19.2. The monoisotopic (exact) mass is 1000 g/mol. The van der Waals surface area contributed by atoms with E-state index in [0.717, 1.165) is 65.2 Å². The summed E-state index contributed by atoms with van der Waals surface area (Å²) < 4.78 is 77.5. The Hall–Kier alpha value is -6.73.